The molecular weight excluding hydrogens is 504 g/mol. The van der Waals surface area contributed by atoms with Crippen molar-refractivity contribution in [2.75, 3.05) is 43.1 Å². The number of sulfonamides is 1. The van der Waals surface area contributed by atoms with E-state index in [9.17, 15) is 18.9 Å². The summed E-state index contributed by atoms with van der Waals surface area (Å²) >= 11 is 6.75. The van der Waals surface area contributed by atoms with Crippen LogP contribution in [0.5, 0.6) is 0 Å². The molecule has 5 rings (SSSR count). The summed E-state index contributed by atoms with van der Waals surface area (Å²) in [5.41, 5.74) is 2.30. The summed E-state index contributed by atoms with van der Waals surface area (Å²) in [4.78, 5) is 10.9. The van der Waals surface area contributed by atoms with E-state index in [4.69, 9.17) is 11.6 Å². The topological polar surface area (TPSA) is 155 Å². The van der Waals surface area contributed by atoms with Gasteiger partial charge in [-0.3, -0.25) is 4.90 Å². The molecule has 0 bridgehead atoms. The lowest BCUT2D eigenvalue weighted by Crippen LogP contribution is -2.47. The second-order valence-electron chi connectivity index (χ2n) is 8.87. The van der Waals surface area contributed by atoms with Crippen LogP contribution in [0.25, 0.3) is 5.65 Å². The normalized spacial score (nSPS) is 17.0. The molecule has 12 nitrogen and oxygen atoms in total. The average Bonchev–Trinajstić information content (AvgIpc) is 3.57. The molecule has 1 saturated carbocycles. The van der Waals surface area contributed by atoms with Gasteiger partial charge in [0, 0.05) is 38.8 Å². The number of fused-ring (bicyclic) bond motifs is 1. The van der Waals surface area contributed by atoms with Gasteiger partial charge in [-0.2, -0.15) is 24.3 Å². The summed E-state index contributed by atoms with van der Waals surface area (Å²) in [5.74, 6) is 0.706. The van der Waals surface area contributed by atoms with Crippen LogP contribution in [0.4, 0.5) is 17.5 Å². The number of halogens is 1. The zero-order valence-corrected chi connectivity index (χ0v) is 21.0. The van der Waals surface area contributed by atoms with Gasteiger partial charge in [-0.05, 0) is 30.5 Å². The van der Waals surface area contributed by atoms with Gasteiger partial charge in [0.05, 0.1) is 34.8 Å². The van der Waals surface area contributed by atoms with E-state index in [-0.39, 0.29) is 11.6 Å². The van der Waals surface area contributed by atoms with Crippen molar-refractivity contribution < 1.29 is 8.42 Å². The fourth-order valence-corrected chi connectivity index (χ4v) is 5.11. The highest BCUT2D eigenvalue weighted by Gasteiger charge is 2.26. The average molecular weight is 527 g/mol. The Kier molecular flexibility index (Phi) is 6.40. The molecule has 2 aromatic heterocycles. The lowest BCUT2D eigenvalue weighted by atomic mass is 10.1. The number of piperazine rings is 1. The standard InChI is InChI=1S/C22H23ClN10O2S/c1-36(34,35)32-6-4-31(5-7-32)13-15-8-14(10-24)9-18(19(15)23)28-22-29-20(27-16-2-3-16)21-26-12-17(11-25)33(21)30-22/h8-9,12,16H,2-7,13H2,1H3,(H2,27,28,29,30). The van der Waals surface area contributed by atoms with Crippen molar-refractivity contribution in [3.8, 4) is 12.1 Å². The molecule has 1 aromatic carbocycles. The van der Waals surface area contributed by atoms with E-state index >= 15 is 0 Å². The highest BCUT2D eigenvalue weighted by molar-refractivity contribution is 7.88. The smallest absolute Gasteiger partial charge is 0.247 e. The Morgan fingerprint density at radius 2 is 1.92 bits per heavy atom. The van der Waals surface area contributed by atoms with Crippen molar-refractivity contribution in [2.24, 2.45) is 0 Å². The number of rotatable bonds is 7. The van der Waals surface area contributed by atoms with Crippen molar-refractivity contribution >= 4 is 44.7 Å². The van der Waals surface area contributed by atoms with Gasteiger partial charge in [0.25, 0.3) is 0 Å². The van der Waals surface area contributed by atoms with Crippen molar-refractivity contribution in [2.45, 2.75) is 25.4 Å². The second kappa shape index (κ2) is 9.52. The van der Waals surface area contributed by atoms with Crippen LogP contribution in [0, 0.1) is 22.7 Å². The molecule has 1 aliphatic heterocycles. The third kappa shape index (κ3) is 5.05. The molecule has 3 heterocycles. The fourth-order valence-electron chi connectivity index (χ4n) is 4.06. The lowest BCUT2D eigenvalue weighted by molar-refractivity contribution is 0.182. The minimum atomic E-state index is -3.22. The largest absolute Gasteiger partial charge is 0.364 e. The zero-order valence-electron chi connectivity index (χ0n) is 19.4. The number of hydrogen-bond acceptors (Lipinski definition) is 10. The SMILES string of the molecule is CS(=O)(=O)N1CCN(Cc2cc(C#N)cc(Nc3nc(NC4CC4)c4ncc(C#N)n4n3)c2Cl)CC1. The Labute approximate surface area is 213 Å². The van der Waals surface area contributed by atoms with E-state index in [1.807, 2.05) is 0 Å². The molecule has 3 aromatic rings. The molecule has 2 aliphatic rings. The van der Waals surface area contributed by atoms with Crippen molar-refractivity contribution in [3.63, 3.8) is 0 Å². The Balaban J connectivity index is 1.43. The molecule has 0 unspecified atom stereocenters. The number of aromatic nitrogens is 4. The van der Waals surface area contributed by atoms with Crippen LogP contribution in [-0.4, -0.2) is 75.7 Å². The summed E-state index contributed by atoms with van der Waals surface area (Å²) < 4.78 is 26.5. The van der Waals surface area contributed by atoms with E-state index in [1.54, 1.807) is 12.1 Å². The maximum absolute atomic E-state index is 11.8. The molecule has 186 valence electrons. The van der Waals surface area contributed by atoms with E-state index in [0.29, 0.717) is 66.5 Å². The second-order valence-corrected chi connectivity index (χ2v) is 11.2. The first-order valence-corrected chi connectivity index (χ1v) is 13.6. The highest BCUT2D eigenvalue weighted by atomic mass is 35.5. The van der Waals surface area contributed by atoms with Crippen molar-refractivity contribution in [3.05, 3.63) is 40.2 Å². The first-order valence-electron chi connectivity index (χ1n) is 11.3. The van der Waals surface area contributed by atoms with Gasteiger partial charge in [-0.15, -0.1) is 5.10 Å². The molecule has 1 saturated heterocycles. The molecule has 0 amide bonds. The van der Waals surface area contributed by atoms with E-state index in [1.165, 1.54) is 21.3 Å². The summed E-state index contributed by atoms with van der Waals surface area (Å²) in [5, 5.41) is 30.3. The molecule has 14 heteroatoms. The van der Waals surface area contributed by atoms with Gasteiger partial charge in [-0.25, -0.2) is 13.4 Å². The summed E-state index contributed by atoms with van der Waals surface area (Å²) in [6, 6.07) is 7.88. The zero-order chi connectivity index (χ0) is 25.4. The van der Waals surface area contributed by atoms with Crippen LogP contribution < -0.4 is 10.6 Å². The molecular formula is C22H23ClN10O2S. The van der Waals surface area contributed by atoms with Crippen molar-refractivity contribution in [1.82, 2.24) is 28.8 Å². The molecule has 0 radical (unpaired) electrons. The van der Waals surface area contributed by atoms with E-state index in [2.05, 4.69) is 42.7 Å². The third-order valence-corrected chi connectivity index (χ3v) is 7.86. The number of nitriles is 2. The van der Waals surface area contributed by atoms with Crippen LogP contribution in [0.3, 0.4) is 0 Å². The fraction of sp³-hybridized carbons (Fsp3) is 0.409. The van der Waals surface area contributed by atoms with Gasteiger partial charge in [0.15, 0.2) is 17.2 Å². The number of benzene rings is 1. The van der Waals surface area contributed by atoms with Crippen molar-refractivity contribution in [1.29, 1.82) is 10.5 Å². The summed E-state index contributed by atoms with van der Waals surface area (Å²) in [6.07, 6.45) is 4.71. The van der Waals surface area contributed by atoms with Gasteiger partial charge in [0.2, 0.25) is 16.0 Å². The number of nitrogens with one attached hydrogen (secondary N) is 2. The van der Waals surface area contributed by atoms with Gasteiger partial charge >= 0.3 is 0 Å². The maximum atomic E-state index is 11.8. The summed E-state index contributed by atoms with van der Waals surface area (Å²) in [6.45, 7) is 2.36. The van der Waals surface area contributed by atoms with Gasteiger partial charge < -0.3 is 10.6 Å². The van der Waals surface area contributed by atoms with Crippen LogP contribution in [0.2, 0.25) is 5.02 Å². The number of nitrogens with zero attached hydrogens (tertiary/aromatic N) is 8. The number of hydrogen-bond donors (Lipinski definition) is 2. The van der Waals surface area contributed by atoms with Crippen LogP contribution in [0.15, 0.2) is 18.3 Å². The predicted molar refractivity (Wildman–Crippen MR) is 133 cm³/mol. The minimum absolute atomic E-state index is 0.199. The quantitative estimate of drug-likeness (QED) is 0.466. The van der Waals surface area contributed by atoms with E-state index in [0.717, 1.165) is 18.4 Å². The maximum Gasteiger partial charge on any atom is 0.247 e. The third-order valence-electron chi connectivity index (χ3n) is 6.11. The van der Waals surface area contributed by atoms with Crippen LogP contribution in [0.1, 0.15) is 29.7 Å². The number of imidazole rings is 1. The van der Waals surface area contributed by atoms with Gasteiger partial charge in [0.1, 0.15) is 6.07 Å². The predicted octanol–water partition coefficient (Wildman–Crippen LogP) is 1.92. The molecule has 1 aliphatic carbocycles. The lowest BCUT2D eigenvalue weighted by Gasteiger charge is -2.33. The molecule has 2 fully saturated rings. The highest BCUT2D eigenvalue weighted by Crippen LogP contribution is 2.32. The van der Waals surface area contributed by atoms with Gasteiger partial charge in [-0.1, -0.05) is 11.6 Å². The summed E-state index contributed by atoms with van der Waals surface area (Å²) in [7, 11) is -3.22. The Bertz CT molecular complexity index is 1510. The Morgan fingerprint density at radius 3 is 2.56 bits per heavy atom. The molecule has 0 atom stereocenters. The monoisotopic (exact) mass is 526 g/mol. The van der Waals surface area contributed by atoms with E-state index < -0.39 is 10.0 Å². The molecule has 0 spiro atoms. The number of anilines is 3. The van der Waals surface area contributed by atoms with Crippen LogP contribution in [-0.2, 0) is 16.6 Å². The Hall–Kier alpha value is -3.49. The first-order chi connectivity index (χ1) is 17.2. The Morgan fingerprint density at radius 1 is 1.17 bits per heavy atom. The minimum Gasteiger partial charge on any atom is -0.364 e. The first kappa shape index (κ1) is 24.2. The molecule has 36 heavy (non-hydrogen) atoms. The van der Waals surface area contributed by atoms with Crippen LogP contribution >= 0.6 is 11.6 Å². The molecule has 2 N–H and O–H groups in total.